The van der Waals surface area contributed by atoms with Gasteiger partial charge in [-0.2, -0.15) is 0 Å². The van der Waals surface area contributed by atoms with Crippen LogP contribution in [0.3, 0.4) is 0 Å². The zero-order chi connectivity index (χ0) is 39.5. The molecule has 0 radical (unpaired) electrons. The molecule has 5 heterocycles. The molecule has 9 rings (SSSR count). The van der Waals surface area contributed by atoms with Crippen molar-refractivity contribution in [3.63, 3.8) is 0 Å². The Bertz CT molecular complexity index is 2230. The zero-order valence-electron chi connectivity index (χ0n) is 33.3. The summed E-state index contributed by atoms with van der Waals surface area (Å²) in [5.41, 5.74) is 7.34. The van der Waals surface area contributed by atoms with Gasteiger partial charge in [0.05, 0.1) is 27.9 Å². The summed E-state index contributed by atoms with van der Waals surface area (Å²) in [5, 5.41) is 2.93. The van der Waals surface area contributed by atoms with Crippen LogP contribution in [0.1, 0.15) is 62.4 Å². The monoisotopic (exact) mass is 770 g/mol. The molecule has 1 amide bonds. The average Bonchev–Trinajstić information content (AvgIpc) is 3.23. The first-order valence-corrected chi connectivity index (χ1v) is 19.6. The zero-order valence-corrected chi connectivity index (χ0v) is 33.3. The molecular formula is C46H50N4O7. The standard InChI is InChI=1S/C46H50N4O7/c1-49-20-16-31-26-39(52-3)41-28-34(31)36(49)23-29-10-13-33(14-11-29)56-40-25-30(12-15-38(40)55-22-8-19-48-46(51)35-9-6-7-18-47-35)24-37-43-32(17-21-50(37)2)27-42(53-4)44(54-5)45(43)57-41/h6-7,9-15,18,25-28,36-37H,8,16-17,19-24H2,1-5H3,(H,48,51)/t36?,37-/m1/s1. The lowest BCUT2D eigenvalue weighted by atomic mass is 9.87. The molecule has 0 saturated carbocycles. The Labute approximate surface area is 334 Å². The number of carbonyl (C=O) groups is 1. The third-order valence-corrected chi connectivity index (χ3v) is 11.4. The highest BCUT2D eigenvalue weighted by Gasteiger charge is 2.35. The van der Waals surface area contributed by atoms with Crippen LogP contribution in [0.4, 0.5) is 0 Å². The van der Waals surface area contributed by atoms with Gasteiger partial charge in [-0.15, -0.1) is 0 Å². The van der Waals surface area contributed by atoms with E-state index in [2.05, 4.69) is 76.7 Å². The topological polar surface area (TPSA) is 104 Å². The molecule has 2 atom stereocenters. The fourth-order valence-corrected chi connectivity index (χ4v) is 8.27. The smallest absolute Gasteiger partial charge is 0.269 e. The summed E-state index contributed by atoms with van der Waals surface area (Å²) in [6, 6.07) is 26.2. The van der Waals surface area contributed by atoms with Crippen molar-refractivity contribution in [2.24, 2.45) is 0 Å². The SMILES string of the molecule is COc1cc2c3cc1Oc1c(OC)c(OC)cc4c1[C@@H](Cc1ccc(OCCCNC(=O)c5ccccn5)c(c1)Oc1ccc(cc1)CC3N(C)CC2)N(C)CC4. The molecule has 0 aliphatic carbocycles. The number of rotatable bonds is 9. The molecule has 4 aliphatic rings. The molecule has 0 fully saturated rings. The Hall–Kier alpha value is -5.78. The maximum absolute atomic E-state index is 12.5. The maximum Gasteiger partial charge on any atom is 0.269 e. The van der Waals surface area contributed by atoms with Crippen LogP contribution in [0.2, 0.25) is 0 Å². The van der Waals surface area contributed by atoms with Gasteiger partial charge in [-0.05, 0) is 129 Å². The van der Waals surface area contributed by atoms with Crippen molar-refractivity contribution in [2.75, 3.05) is 61.7 Å². The summed E-state index contributed by atoms with van der Waals surface area (Å²) in [4.78, 5) is 21.4. The number of hydrogen-bond donors (Lipinski definition) is 1. The number of carbonyl (C=O) groups excluding carboxylic acids is 1. The average molecular weight is 771 g/mol. The molecule has 11 heteroatoms. The first kappa shape index (κ1) is 38.1. The highest BCUT2D eigenvalue weighted by molar-refractivity contribution is 5.92. The van der Waals surface area contributed by atoms with Crippen molar-refractivity contribution in [3.8, 4) is 46.0 Å². The summed E-state index contributed by atoms with van der Waals surface area (Å²) >= 11 is 0. The predicted octanol–water partition coefficient (Wildman–Crippen LogP) is 7.75. The van der Waals surface area contributed by atoms with E-state index in [1.165, 1.54) is 16.7 Å². The second-order valence-corrected chi connectivity index (χ2v) is 14.9. The predicted molar refractivity (Wildman–Crippen MR) is 218 cm³/mol. The van der Waals surface area contributed by atoms with Gasteiger partial charge in [0.25, 0.3) is 5.91 Å². The van der Waals surface area contributed by atoms with Crippen molar-refractivity contribution in [1.82, 2.24) is 20.1 Å². The quantitative estimate of drug-likeness (QED) is 0.150. The Morgan fingerprint density at radius 2 is 1.49 bits per heavy atom. The lowest BCUT2D eigenvalue weighted by molar-refractivity contribution is 0.0946. The van der Waals surface area contributed by atoms with E-state index in [9.17, 15) is 4.79 Å². The second kappa shape index (κ2) is 16.8. The van der Waals surface area contributed by atoms with E-state index in [1.54, 1.807) is 45.7 Å². The third-order valence-electron chi connectivity index (χ3n) is 11.4. The van der Waals surface area contributed by atoms with Crippen LogP contribution in [-0.4, -0.2) is 82.4 Å². The van der Waals surface area contributed by atoms with Gasteiger partial charge >= 0.3 is 0 Å². The van der Waals surface area contributed by atoms with Gasteiger partial charge in [0.2, 0.25) is 5.75 Å². The minimum absolute atomic E-state index is 0.0634. The van der Waals surface area contributed by atoms with Gasteiger partial charge in [-0.3, -0.25) is 19.6 Å². The summed E-state index contributed by atoms with van der Waals surface area (Å²) in [5.74, 6) is 4.89. The molecule has 6 bridgehead atoms. The molecule has 0 saturated heterocycles. The fraction of sp³-hybridized carbons (Fsp3) is 0.348. The largest absolute Gasteiger partial charge is 0.493 e. The molecule has 4 aliphatic heterocycles. The minimum atomic E-state index is -0.208. The third kappa shape index (κ3) is 7.95. The number of hydrogen-bond acceptors (Lipinski definition) is 10. The van der Waals surface area contributed by atoms with E-state index in [0.717, 1.165) is 54.8 Å². The number of nitrogens with zero attached hydrogens (tertiary/aromatic N) is 3. The van der Waals surface area contributed by atoms with Gasteiger partial charge in [0.1, 0.15) is 11.4 Å². The van der Waals surface area contributed by atoms with Crippen molar-refractivity contribution in [2.45, 2.75) is 44.2 Å². The van der Waals surface area contributed by atoms with E-state index in [1.807, 2.05) is 18.2 Å². The Kier molecular flexibility index (Phi) is 11.2. The molecule has 0 spiro atoms. The molecule has 11 nitrogen and oxygen atoms in total. The number of nitrogens with one attached hydrogen (secondary N) is 1. The molecular weight excluding hydrogens is 721 g/mol. The normalized spacial score (nSPS) is 17.6. The van der Waals surface area contributed by atoms with Crippen LogP contribution < -0.4 is 33.7 Å². The fourth-order valence-electron chi connectivity index (χ4n) is 8.27. The second-order valence-electron chi connectivity index (χ2n) is 14.9. The molecule has 296 valence electrons. The Morgan fingerprint density at radius 3 is 2.25 bits per heavy atom. The summed E-state index contributed by atoms with van der Waals surface area (Å²) in [6.45, 7) is 2.63. The van der Waals surface area contributed by atoms with Crippen molar-refractivity contribution < 1.29 is 33.2 Å². The van der Waals surface area contributed by atoms with Crippen LogP contribution in [0.25, 0.3) is 0 Å². The Balaban J connectivity index is 1.18. The van der Waals surface area contributed by atoms with Gasteiger partial charge < -0.3 is 33.7 Å². The van der Waals surface area contributed by atoms with E-state index < -0.39 is 0 Å². The number of likely N-dealkylation sites (N-methyl/N-ethyl adjacent to an activating group) is 2. The lowest BCUT2D eigenvalue weighted by Crippen LogP contribution is -2.34. The van der Waals surface area contributed by atoms with Crippen LogP contribution >= 0.6 is 0 Å². The van der Waals surface area contributed by atoms with Gasteiger partial charge in [0, 0.05) is 43.5 Å². The summed E-state index contributed by atoms with van der Waals surface area (Å²) in [6.07, 6.45) is 5.43. The first-order chi connectivity index (χ1) is 27.8. The van der Waals surface area contributed by atoms with Crippen molar-refractivity contribution >= 4 is 5.91 Å². The highest BCUT2D eigenvalue weighted by atomic mass is 16.5. The summed E-state index contributed by atoms with van der Waals surface area (Å²) in [7, 11) is 9.37. The van der Waals surface area contributed by atoms with Crippen molar-refractivity contribution in [1.29, 1.82) is 0 Å². The number of fused-ring (bicyclic) bond motifs is 2. The maximum atomic E-state index is 12.5. The van der Waals surface area contributed by atoms with Gasteiger partial charge in [-0.25, -0.2) is 0 Å². The van der Waals surface area contributed by atoms with Crippen LogP contribution in [-0.2, 0) is 25.7 Å². The molecule has 57 heavy (non-hydrogen) atoms. The summed E-state index contributed by atoms with van der Waals surface area (Å²) < 4.78 is 38.1. The van der Waals surface area contributed by atoms with Crippen LogP contribution in [0, 0.1) is 0 Å². The van der Waals surface area contributed by atoms with E-state index in [0.29, 0.717) is 71.9 Å². The number of amides is 1. The number of aromatic nitrogens is 1. The van der Waals surface area contributed by atoms with Crippen LogP contribution in [0.15, 0.2) is 85.1 Å². The van der Waals surface area contributed by atoms with Crippen molar-refractivity contribution in [3.05, 3.63) is 124 Å². The van der Waals surface area contributed by atoms with E-state index >= 15 is 0 Å². The highest BCUT2D eigenvalue weighted by Crippen LogP contribution is 2.52. The molecule has 4 aromatic carbocycles. The molecule has 1 unspecified atom stereocenters. The van der Waals surface area contributed by atoms with Gasteiger partial charge in [0.15, 0.2) is 34.5 Å². The minimum Gasteiger partial charge on any atom is -0.493 e. The first-order valence-electron chi connectivity index (χ1n) is 19.6. The number of methoxy groups -OCH3 is 3. The number of ether oxygens (including phenoxy) is 6. The Morgan fingerprint density at radius 1 is 0.772 bits per heavy atom. The molecule has 5 aromatic rings. The van der Waals surface area contributed by atoms with E-state index in [4.69, 9.17) is 28.4 Å². The molecule has 1 aromatic heterocycles. The van der Waals surface area contributed by atoms with Crippen LogP contribution in [0.5, 0.6) is 46.0 Å². The lowest BCUT2D eigenvalue weighted by Gasteiger charge is -2.37. The van der Waals surface area contributed by atoms with E-state index in [-0.39, 0.29) is 18.0 Å². The van der Waals surface area contributed by atoms with Gasteiger partial charge in [-0.1, -0.05) is 24.3 Å². The number of pyridine rings is 1. The molecule has 1 N–H and O–H groups in total. The number of benzene rings is 4.